The van der Waals surface area contributed by atoms with Gasteiger partial charge in [0.1, 0.15) is 10.2 Å². The molecule has 0 heterocycles. The fourth-order valence-corrected chi connectivity index (χ4v) is 1.72. The van der Waals surface area contributed by atoms with E-state index in [0.29, 0.717) is 16.8 Å². The molecule has 0 aromatic heterocycles. The first-order valence-corrected chi connectivity index (χ1v) is 6.01. The first kappa shape index (κ1) is 15.4. The van der Waals surface area contributed by atoms with E-state index in [9.17, 15) is 4.79 Å². The maximum absolute atomic E-state index is 11.4. The minimum atomic E-state index is -1.20. The van der Waals surface area contributed by atoms with E-state index in [1.54, 1.807) is 13.8 Å². The normalized spacial score (nSPS) is 15.6. The number of carbonyl (C=O) groups excluding carboxylic acids is 1. The van der Waals surface area contributed by atoms with Crippen LogP contribution in [0.3, 0.4) is 0 Å². The molecule has 0 aliphatic heterocycles. The predicted molar refractivity (Wildman–Crippen MR) is 62.3 cm³/mol. The topological polar surface area (TPSA) is 66.0 Å². The van der Waals surface area contributed by atoms with Gasteiger partial charge in [0, 0.05) is 27.9 Å². The highest BCUT2D eigenvalue weighted by Gasteiger charge is 2.49. The van der Waals surface area contributed by atoms with Gasteiger partial charge in [0.25, 0.3) is 0 Å². The van der Waals surface area contributed by atoms with Crippen LogP contribution in [0.25, 0.3) is 0 Å². The second-order valence-electron chi connectivity index (χ2n) is 3.42. The third kappa shape index (κ3) is 3.18. The minimum Gasteiger partial charge on any atom is -0.416 e. The lowest BCUT2D eigenvalue weighted by molar-refractivity contribution is -0.331. The van der Waals surface area contributed by atoms with Crippen molar-refractivity contribution in [2.75, 3.05) is 27.9 Å². The van der Waals surface area contributed by atoms with Crippen LogP contribution in [0.1, 0.15) is 13.8 Å². The fourth-order valence-electron chi connectivity index (χ4n) is 1.13. The summed E-state index contributed by atoms with van der Waals surface area (Å²) >= 11 is 0. The molecule has 0 radical (unpaired) electrons. The third-order valence-electron chi connectivity index (χ3n) is 2.60. The van der Waals surface area contributed by atoms with Crippen LogP contribution in [-0.4, -0.2) is 55.4 Å². The number of ether oxygens (including phenoxy) is 4. The average Bonchev–Trinajstić information content (AvgIpc) is 2.27. The summed E-state index contributed by atoms with van der Waals surface area (Å²) in [5.74, 6) is -1.13. The molecule has 1 atom stereocenters. The van der Waals surface area contributed by atoms with Crippen molar-refractivity contribution in [2.45, 2.75) is 25.0 Å². The van der Waals surface area contributed by atoms with Crippen molar-refractivity contribution in [3.05, 3.63) is 0 Å². The first-order chi connectivity index (χ1) is 7.39. The van der Waals surface area contributed by atoms with Crippen LogP contribution >= 0.6 is 0 Å². The molecule has 0 aliphatic carbocycles. The van der Waals surface area contributed by atoms with E-state index in [0.717, 1.165) is 0 Å². The molecular weight excluding hydrogens is 230 g/mol. The molecule has 0 spiro atoms. The van der Waals surface area contributed by atoms with Gasteiger partial charge < -0.3 is 24.3 Å². The van der Waals surface area contributed by atoms with Crippen molar-refractivity contribution >= 4 is 16.3 Å². The van der Waals surface area contributed by atoms with Crippen molar-refractivity contribution in [2.24, 2.45) is 0 Å². The largest absolute Gasteiger partial charge is 0.416 e. The van der Waals surface area contributed by atoms with Crippen LogP contribution in [0, 0.1) is 0 Å². The molecule has 0 aromatic carbocycles. The summed E-state index contributed by atoms with van der Waals surface area (Å²) in [5, 5.41) is 2.53. The zero-order valence-corrected chi connectivity index (χ0v) is 12.7. The lowest BCUT2D eigenvalue weighted by Crippen LogP contribution is -2.60. The van der Waals surface area contributed by atoms with Crippen molar-refractivity contribution in [1.82, 2.24) is 5.32 Å². The Balaban J connectivity index is 4.82. The Morgan fingerprint density at radius 3 is 2.06 bits per heavy atom. The summed E-state index contributed by atoms with van der Waals surface area (Å²) < 4.78 is 20.9. The van der Waals surface area contributed by atoms with E-state index in [4.69, 9.17) is 18.9 Å². The minimum absolute atomic E-state index is 0.396. The van der Waals surface area contributed by atoms with Crippen molar-refractivity contribution < 1.29 is 23.7 Å². The summed E-state index contributed by atoms with van der Waals surface area (Å²) in [7, 11) is 4.78. The number of carbonyl (C=O) groups is 1. The van der Waals surface area contributed by atoms with Crippen molar-refractivity contribution in [3.8, 4) is 0 Å². The number of hydrogen-bond acceptors (Lipinski definition) is 5. The van der Waals surface area contributed by atoms with Crippen LogP contribution in [0.4, 0.5) is 4.79 Å². The summed E-state index contributed by atoms with van der Waals surface area (Å²) in [6.45, 7) is 3.94. The maximum atomic E-state index is 11.4. The van der Waals surface area contributed by atoms with Gasteiger partial charge in [-0.15, -0.1) is 0 Å². The lowest BCUT2D eigenvalue weighted by Gasteiger charge is -2.41. The van der Waals surface area contributed by atoms with Crippen LogP contribution in [0.15, 0.2) is 0 Å². The van der Waals surface area contributed by atoms with Gasteiger partial charge in [-0.05, 0) is 13.8 Å². The first-order valence-electron chi connectivity index (χ1n) is 5.01. The van der Waals surface area contributed by atoms with E-state index in [1.807, 2.05) is 0 Å². The average molecular weight is 251 g/mol. The van der Waals surface area contributed by atoms with E-state index in [2.05, 4.69) is 5.32 Å². The van der Waals surface area contributed by atoms with Gasteiger partial charge in [-0.2, -0.15) is 0 Å². The Morgan fingerprint density at radius 2 is 1.75 bits per heavy atom. The Kier molecular flexibility index (Phi) is 5.94. The molecule has 0 saturated heterocycles. The van der Waals surface area contributed by atoms with Gasteiger partial charge >= 0.3 is 6.09 Å². The summed E-state index contributed by atoms with van der Waals surface area (Å²) in [6, 6.07) is 0. The van der Waals surface area contributed by atoms with Gasteiger partial charge in [-0.1, -0.05) is 0 Å². The smallest absolute Gasteiger partial charge is 0.409 e. The summed E-state index contributed by atoms with van der Waals surface area (Å²) in [5.41, 5.74) is -1.20. The fraction of sp³-hybridized carbons (Fsp3) is 0.889. The SMILES string of the molecule is CCNC(=O)OC([SiH3])(OC)C(C)(OC)OC. The Hall–Kier alpha value is -0.633. The zero-order chi connectivity index (χ0) is 12.8. The van der Waals surface area contributed by atoms with Crippen molar-refractivity contribution in [3.63, 3.8) is 0 Å². The zero-order valence-electron chi connectivity index (χ0n) is 10.7. The lowest BCUT2D eigenvalue weighted by atomic mass is 10.3. The van der Waals surface area contributed by atoms with Gasteiger partial charge in [0.05, 0.1) is 0 Å². The molecule has 1 N–H and O–H groups in total. The quantitative estimate of drug-likeness (QED) is 0.505. The van der Waals surface area contributed by atoms with Gasteiger partial charge in [-0.25, -0.2) is 4.79 Å². The number of amides is 1. The van der Waals surface area contributed by atoms with Crippen LogP contribution in [-0.2, 0) is 18.9 Å². The number of alkyl carbamates (subject to hydrolysis) is 1. The van der Waals surface area contributed by atoms with Gasteiger partial charge in [-0.3, -0.25) is 0 Å². The van der Waals surface area contributed by atoms with Gasteiger partial charge in [0.15, 0.2) is 0 Å². The second kappa shape index (κ2) is 6.19. The Morgan fingerprint density at radius 1 is 1.25 bits per heavy atom. The van der Waals surface area contributed by atoms with E-state index >= 15 is 0 Å². The standard InChI is InChI=1S/C9H21NO5Si/c1-6-10-7(11)15-9(16,14-5)8(2,12-3)13-4/h6H2,1-5,16H3,(H,10,11). The molecule has 0 fully saturated rings. The van der Waals surface area contributed by atoms with Crippen LogP contribution < -0.4 is 5.32 Å². The molecular formula is C9H21NO5Si. The highest BCUT2D eigenvalue weighted by molar-refractivity contribution is 6.14. The molecule has 0 rings (SSSR count). The summed E-state index contributed by atoms with van der Waals surface area (Å²) in [6.07, 6.45) is -0.556. The highest BCUT2D eigenvalue weighted by atomic mass is 28.1. The molecule has 0 bridgehead atoms. The second-order valence-corrected chi connectivity index (χ2v) is 4.74. The molecule has 1 unspecified atom stereocenters. The highest BCUT2D eigenvalue weighted by Crippen LogP contribution is 2.28. The third-order valence-corrected chi connectivity index (χ3v) is 4.12. The molecule has 6 nitrogen and oxygen atoms in total. The number of rotatable bonds is 6. The number of nitrogens with one attached hydrogen (secondary N) is 1. The number of hydrogen-bond donors (Lipinski definition) is 1. The van der Waals surface area contributed by atoms with Crippen LogP contribution in [0.5, 0.6) is 0 Å². The maximum Gasteiger partial charge on any atom is 0.409 e. The van der Waals surface area contributed by atoms with E-state index < -0.39 is 17.3 Å². The monoisotopic (exact) mass is 251 g/mol. The molecule has 1 amide bonds. The van der Waals surface area contributed by atoms with E-state index in [-0.39, 0.29) is 0 Å². The van der Waals surface area contributed by atoms with Gasteiger partial charge in [0.2, 0.25) is 11.2 Å². The molecule has 96 valence electrons. The molecule has 0 aliphatic rings. The Bertz CT molecular complexity index is 234. The molecule has 16 heavy (non-hydrogen) atoms. The number of methoxy groups -OCH3 is 3. The predicted octanol–water partition coefficient (Wildman–Crippen LogP) is -0.593. The van der Waals surface area contributed by atoms with Crippen LogP contribution in [0.2, 0.25) is 0 Å². The molecule has 7 heteroatoms. The Labute approximate surface area is 99.0 Å². The summed E-state index contributed by atoms with van der Waals surface area (Å²) in [4.78, 5) is 11.4. The van der Waals surface area contributed by atoms with E-state index in [1.165, 1.54) is 21.3 Å². The molecule has 0 saturated carbocycles. The van der Waals surface area contributed by atoms with Crippen molar-refractivity contribution in [1.29, 1.82) is 0 Å². The molecule has 0 aromatic rings.